The fourth-order valence-electron chi connectivity index (χ4n) is 2.92. The molecule has 7 N–H and O–H groups in total. The number of hydrogen-bond acceptors (Lipinski definition) is 11. The van der Waals surface area contributed by atoms with Crippen molar-refractivity contribution in [1.29, 1.82) is 0 Å². The van der Waals surface area contributed by atoms with Gasteiger partial charge in [0.25, 0.3) is 0 Å². The molecule has 0 aliphatic carbocycles. The molecule has 0 radical (unpaired) electrons. The van der Waals surface area contributed by atoms with Crippen molar-refractivity contribution in [1.82, 2.24) is 0 Å². The molecule has 2 rings (SSSR count). The van der Waals surface area contributed by atoms with Crippen LogP contribution in [0.5, 0.6) is 0 Å². The van der Waals surface area contributed by atoms with E-state index in [2.05, 4.69) is 0 Å². The molecule has 25 heavy (non-hydrogen) atoms. The Morgan fingerprint density at radius 1 is 0.880 bits per heavy atom. The van der Waals surface area contributed by atoms with Crippen molar-refractivity contribution in [3.63, 3.8) is 0 Å². The molecule has 11 nitrogen and oxygen atoms in total. The van der Waals surface area contributed by atoms with Crippen molar-refractivity contribution in [2.45, 2.75) is 67.8 Å². The van der Waals surface area contributed by atoms with E-state index >= 15 is 0 Å². The van der Waals surface area contributed by atoms with E-state index in [1.54, 1.807) is 0 Å². The van der Waals surface area contributed by atoms with E-state index in [0.29, 0.717) is 0 Å². The number of aliphatic hydroxyl groups is 7. The normalized spacial score (nSPS) is 51.5. The van der Waals surface area contributed by atoms with Gasteiger partial charge in [0.05, 0.1) is 13.2 Å². The van der Waals surface area contributed by atoms with Gasteiger partial charge in [0.1, 0.15) is 48.8 Å². The first-order valence-electron chi connectivity index (χ1n) is 7.85. The van der Waals surface area contributed by atoms with Crippen molar-refractivity contribution in [2.24, 2.45) is 0 Å². The topological polar surface area (TPSA) is 179 Å². The molecule has 2 heterocycles. The predicted molar refractivity (Wildman–Crippen MR) is 78.0 cm³/mol. The quantitative estimate of drug-likeness (QED) is 0.249. The standard InChI is InChI=1S/C14H26O11/c1-14(12(21)10(19)7(16)5(3-15)25-14)23-4-6-8(17)9(18)11(20)13(22-2)24-6/h5-13,15-21H,3-4H2,1-2H3/t5-,6-,7-,8-,9+,10+,11-,12+,13+,14+/m1/s1. The summed E-state index contributed by atoms with van der Waals surface area (Å²) in [6, 6.07) is 0. The van der Waals surface area contributed by atoms with Crippen molar-refractivity contribution >= 4 is 0 Å². The second-order valence-electron chi connectivity index (χ2n) is 6.34. The summed E-state index contributed by atoms with van der Waals surface area (Å²) in [6.45, 7) is 0.256. The third-order valence-corrected chi connectivity index (χ3v) is 4.59. The number of methoxy groups -OCH3 is 1. The molecule has 0 bridgehead atoms. The summed E-state index contributed by atoms with van der Waals surface area (Å²) in [4.78, 5) is 0. The summed E-state index contributed by atoms with van der Waals surface area (Å²) in [5.41, 5.74) is 0. The van der Waals surface area contributed by atoms with Crippen LogP contribution in [0.1, 0.15) is 6.92 Å². The van der Waals surface area contributed by atoms with Gasteiger partial charge >= 0.3 is 0 Å². The molecule has 2 aliphatic heterocycles. The van der Waals surface area contributed by atoms with Crippen LogP contribution in [0.4, 0.5) is 0 Å². The van der Waals surface area contributed by atoms with E-state index in [1.807, 2.05) is 0 Å². The minimum absolute atomic E-state index is 0.403. The fraction of sp³-hybridized carbons (Fsp3) is 1.00. The van der Waals surface area contributed by atoms with Gasteiger partial charge in [-0.05, 0) is 6.92 Å². The highest BCUT2D eigenvalue weighted by Crippen LogP contribution is 2.32. The zero-order valence-electron chi connectivity index (χ0n) is 13.9. The van der Waals surface area contributed by atoms with Gasteiger partial charge < -0.3 is 54.7 Å². The minimum atomic E-state index is -1.82. The molecule has 0 spiro atoms. The summed E-state index contributed by atoms with van der Waals surface area (Å²) in [5, 5.41) is 68.5. The van der Waals surface area contributed by atoms with Gasteiger partial charge in [-0.2, -0.15) is 0 Å². The average molecular weight is 370 g/mol. The second kappa shape index (κ2) is 8.06. The van der Waals surface area contributed by atoms with Gasteiger partial charge in [0.15, 0.2) is 12.1 Å². The highest BCUT2D eigenvalue weighted by molar-refractivity contribution is 4.96. The van der Waals surface area contributed by atoms with Gasteiger partial charge in [-0.3, -0.25) is 0 Å². The number of hydrogen-bond donors (Lipinski definition) is 7. The van der Waals surface area contributed by atoms with Crippen LogP contribution >= 0.6 is 0 Å². The number of aliphatic hydroxyl groups excluding tert-OH is 7. The number of rotatable bonds is 5. The van der Waals surface area contributed by atoms with E-state index in [9.17, 15) is 35.7 Å². The molecule has 11 heteroatoms. The van der Waals surface area contributed by atoms with E-state index in [-0.39, 0.29) is 0 Å². The molecule has 2 saturated heterocycles. The third-order valence-electron chi connectivity index (χ3n) is 4.59. The first kappa shape index (κ1) is 20.9. The summed E-state index contributed by atoms with van der Waals surface area (Å²) in [5.74, 6) is -1.82. The maximum atomic E-state index is 10.1. The molecule has 0 aromatic heterocycles. The average Bonchev–Trinajstić information content (AvgIpc) is 2.60. The Kier molecular flexibility index (Phi) is 6.73. The minimum Gasteiger partial charge on any atom is -0.394 e. The van der Waals surface area contributed by atoms with E-state index in [4.69, 9.17) is 18.9 Å². The first-order chi connectivity index (χ1) is 11.7. The lowest BCUT2D eigenvalue weighted by Crippen LogP contribution is -2.66. The smallest absolute Gasteiger partial charge is 0.194 e. The Morgan fingerprint density at radius 2 is 1.48 bits per heavy atom. The van der Waals surface area contributed by atoms with Crippen LogP contribution in [-0.4, -0.2) is 117 Å². The molecule has 0 amide bonds. The SMILES string of the molecule is CO[C@H]1O[C@H](CO[C@@]2(C)O[C@H](CO)[C@@H](O)[C@H](O)[C@@H]2O)[C@@H](O)[C@H](O)[C@H]1O. The maximum absolute atomic E-state index is 10.1. The summed E-state index contributed by atoms with van der Waals surface area (Å²) < 4.78 is 20.9. The Morgan fingerprint density at radius 3 is 2.04 bits per heavy atom. The molecule has 10 atom stereocenters. The van der Waals surface area contributed by atoms with Gasteiger partial charge in [0.2, 0.25) is 0 Å². The van der Waals surface area contributed by atoms with Crippen LogP contribution in [0.25, 0.3) is 0 Å². The fourth-order valence-corrected chi connectivity index (χ4v) is 2.92. The van der Waals surface area contributed by atoms with Crippen molar-refractivity contribution in [3.8, 4) is 0 Å². The van der Waals surface area contributed by atoms with Crippen LogP contribution in [0.2, 0.25) is 0 Å². The first-order valence-corrected chi connectivity index (χ1v) is 7.85. The molecular formula is C14H26O11. The van der Waals surface area contributed by atoms with Crippen LogP contribution in [0, 0.1) is 0 Å². The zero-order chi connectivity index (χ0) is 18.9. The van der Waals surface area contributed by atoms with E-state index in [0.717, 1.165) is 0 Å². The van der Waals surface area contributed by atoms with Crippen LogP contribution in [0.15, 0.2) is 0 Å². The summed E-state index contributed by atoms with van der Waals surface area (Å²) in [7, 11) is 1.25. The van der Waals surface area contributed by atoms with Crippen molar-refractivity contribution < 1.29 is 54.7 Å². The largest absolute Gasteiger partial charge is 0.394 e. The molecule has 0 aromatic carbocycles. The van der Waals surface area contributed by atoms with Gasteiger partial charge in [-0.1, -0.05) is 0 Å². The molecule has 2 aliphatic rings. The van der Waals surface area contributed by atoms with Crippen LogP contribution in [0.3, 0.4) is 0 Å². The highest BCUT2D eigenvalue weighted by Gasteiger charge is 2.53. The van der Waals surface area contributed by atoms with Gasteiger partial charge in [0, 0.05) is 7.11 Å². The molecule has 0 saturated carbocycles. The van der Waals surface area contributed by atoms with Gasteiger partial charge in [-0.25, -0.2) is 0 Å². The van der Waals surface area contributed by atoms with Gasteiger partial charge in [-0.15, -0.1) is 0 Å². The molecule has 0 unspecified atom stereocenters. The van der Waals surface area contributed by atoms with Crippen LogP contribution < -0.4 is 0 Å². The Balaban J connectivity index is 2.05. The Labute approximate surface area is 143 Å². The maximum Gasteiger partial charge on any atom is 0.194 e. The lowest BCUT2D eigenvalue weighted by Gasteiger charge is -2.47. The zero-order valence-corrected chi connectivity index (χ0v) is 13.9. The monoisotopic (exact) mass is 370 g/mol. The molecular weight excluding hydrogens is 344 g/mol. The van der Waals surface area contributed by atoms with Crippen molar-refractivity contribution in [3.05, 3.63) is 0 Å². The number of ether oxygens (including phenoxy) is 4. The lowest BCUT2D eigenvalue weighted by molar-refractivity contribution is -0.370. The Bertz CT molecular complexity index is 433. The summed E-state index contributed by atoms with van der Waals surface area (Å²) in [6.07, 6.45) is -12.8. The molecule has 148 valence electrons. The second-order valence-corrected chi connectivity index (χ2v) is 6.34. The lowest BCUT2D eigenvalue weighted by atomic mass is 9.93. The molecule has 2 fully saturated rings. The summed E-state index contributed by atoms with van der Waals surface area (Å²) >= 11 is 0. The highest BCUT2D eigenvalue weighted by atomic mass is 16.7. The van der Waals surface area contributed by atoms with Crippen molar-refractivity contribution in [2.75, 3.05) is 20.3 Å². The predicted octanol–water partition coefficient (Wildman–Crippen LogP) is -4.35. The van der Waals surface area contributed by atoms with Crippen LogP contribution in [-0.2, 0) is 18.9 Å². The van der Waals surface area contributed by atoms with E-state index < -0.39 is 74.1 Å². The Hall–Kier alpha value is -0.440. The van der Waals surface area contributed by atoms with E-state index in [1.165, 1.54) is 14.0 Å². The third kappa shape index (κ3) is 3.96. The molecule has 0 aromatic rings.